The molecule has 2 N–H and O–H groups in total. The number of carbonyl (C=O) groups excluding carboxylic acids is 2. The third-order valence-electron chi connectivity index (χ3n) is 4.03. The normalized spacial score (nSPS) is 10.3. The fraction of sp³-hybridized carbons (Fsp3) is 0.143. The number of amides is 2. The number of carbonyl (C=O) groups is 2. The number of hydrogen-bond acceptors (Lipinski definition) is 4. The summed E-state index contributed by atoms with van der Waals surface area (Å²) in [6, 6.07) is 14.7. The Kier molecular flexibility index (Phi) is 6.41. The Hall–Kier alpha value is -3.61. The van der Waals surface area contributed by atoms with E-state index in [4.69, 9.17) is 0 Å². The van der Waals surface area contributed by atoms with Gasteiger partial charge < -0.3 is 10.6 Å². The van der Waals surface area contributed by atoms with Crippen molar-refractivity contribution < 1.29 is 14.0 Å². The molecule has 28 heavy (non-hydrogen) atoms. The number of benzene rings is 1. The van der Waals surface area contributed by atoms with E-state index in [9.17, 15) is 14.0 Å². The molecule has 0 unspecified atom stereocenters. The van der Waals surface area contributed by atoms with Crippen LogP contribution in [0.15, 0.2) is 67.0 Å². The van der Waals surface area contributed by atoms with Crippen LogP contribution in [-0.4, -0.2) is 28.3 Å². The molecule has 3 aromatic rings. The van der Waals surface area contributed by atoms with E-state index >= 15 is 0 Å². The number of nitrogens with one attached hydrogen (secondary N) is 2. The van der Waals surface area contributed by atoms with Gasteiger partial charge in [-0.05, 0) is 41.8 Å². The Morgan fingerprint density at radius 1 is 0.893 bits per heavy atom. The van der Waals surface area contributed by atoms with E-state index in [1.807, 2.05) is 6.07 Å². The first-order valence-electron chi connectivity index (χ1n) is 8.79. The summed E-state index contributed by atoms with van der Waals surface area (Å²) in [6.07, 6.45) is 3.68. The highest BCUT2D eigenvalue weighted by Gasteiger charge is 2.12. The van der Waals surface area contributed by atoms with Crippen molar-refractivity contribution in [3.8, 4) is 0 Å². The van der Waals surface area contributed by atoms with Gasteiger partial charge in [0, 0.05) is 25.5 Å². The van der Waals surface area contributed by atoms with Gasteiger partial charge in [-0.1, -0.05) is 30.3 Å². The zero-order chi connectivity index (χ0) is 19.8. The molecule has 0 bridgehead atoms. The van der Waals surface area contributed by atoms with E-state index < -0.39 is 5.91 Å². The molecule has 6 nitrogen and oxygen atoms in total. The maximum atomic E-state index is 13.6. The SMILES string of the molecule is O=C(NCCc1ccccc1F)c1cccc(C(=O)NCc2cccnc2)n1. The Bertz CT molecular complexity index is 963. The molecule has 0 atom stereocenters. The molecule has 3 rings (SSSR count). The fourth-order valence-electron chi connectivity index (χ4n) is 2.57. The van der Waals surface area contributed by atoms with Crippen molar-refractivity contribution in [3.63, 3.8) is 0 Å². The predicted octanol–water partition coefficient (Wildman–Crippen LogP) is 2.52. The molecule has 2 aromatic heterocycles. The maximum Gasteiger partial charge on any atom is 0.270 e. The van der Waals surface area contributed by atoms with Gasteiger partial charge in [-0.25, -0.2) is 9.37 Å². The second-order valence-electron chi connectivity index (χ2n) is 6.05. The van der Waals surface area contributed by atoms with Crippen LogP contribution in [0.2, 0.25) is 0 Å². The number of nitrogens with zero attached hydrogens (tertiary/aromatic N) is 2. The number of hydrogen-bond donors (Lipinski definition) is 2. The Balaban J connectivity index is 1.55. The van der Waals surface area contributed by atoms with Gasteiger partial charge in [0.25, 0.3) is 11.8 Å². The molecule has 0 aliphatic carbocycles. The summed E-state index contributed by atoms with van der Waals surface area (Å²) in [5.41, 5.74) is 1.66. The van der Waals surface area contributed by atoms with Crippen molar-refractivity contribution in [1.82, 2.24) is 20.6 Å². The predicted molar refractivity (Wildman–Crippen MR) is 102 cm³/mol. The lowest BCUT2D eigenvalue weighted by molar-refractivity contribution is 0.0943. The van der Waals surface area contributed by atoms with Crippen LogP contribution in [0.25, 0.3) is 0 Å². The van der Waals surface area contributed by atoms with Crippen LogP contribution in [0.1, 0.15) is 32.1 Å². The van der Waals surface area contributed by atoms with Crippen LogP contribution < -0.4 is 10.6 Å². The third-order valence-corrected chi connectivity index (χ3v) is 4.03. The summed E-state index contributed by atoms with van der Waals surface area (Å²) in [7, 11) is 0. The summed E-state index contributed by atoms with van der Waals surface area (Å²) in [4.78, 5) is 32.6. The van der Waals surface area contributed by atoms with E-state index in [2.05, 4.69) is 20.6 Å². The van der Waals surface area contributed by atoms with Gasteiger partial charge in [0.15, 0.2) is 0 Å². The number of aromatic nitrogens is 2. The molecule has 0 aliphatic heterocycles. The van der Waals surface area contributed by atoms with Crippen molar-refractivity contribution >= 4 is 11.8 Å². The molecule has 0 saturated heterocycles. The van der Waals surface area contributed by atoms with Crippen LogP contribution >= 0.6 is 0 Å². The molecule has 2 amide bonds. The summed E-state index contributed by atoms with van der Waals surface area (Å²) in [6.45, 7) is 0.576. The van der Waals surface area contributed by atoms with Gasteiger partial charge in [-0.3, -0.25) is 14.6 Å². The van der Waals surface area contributed by atoms with Gasteiger partial charge in [0.05, 0.1) is 0 Å². The highest BCUT2D eigenvalue weighted by Crippen LogP contribution is 2.06. The van der Waals surface area contributed by atoms with Crippen LogP contribution in [0.5, 0.6) is 0 Å². The van der Waals surface area contributed by atoms with Crippen LogP contribution in [0, 0.1) is 5.82 Å². The van der Waals surface area contributed by atoms with Crippen LogP contribution in [-0.2, 0) is 13.0 Å². The van der Waals surface area contributed by atoms with Gasteiger partial charge in [0.2, 0.25) is 0 Å². The average molecular weight is 378 g/mol. The van der Waals surface area contributed by atoms with Crippen molar-refractivity contribution in [2.45, 2.75) is 13.0 Å². The molecular weight excluding hydrogens is 359 g/mol. The van der Waals surface area contributed by atoms with E-state index in [0.29, 0.717) is 18.5 Å². The second-order valence-corrected chi connectivity index (χ2v) is 6.05. The van der Waals surface area contributed by atoms with Gasteiger partial charge >= 0.3 is 0 Å². The van der Waals surface area contributed by atoms with E-state index in [0.717, 1.165) is 5.56 Å². The summed E-state index contributed by atoms with van der Waals surface area (Å²) < 4.78 is 13.6. The lowest BCUT2D eigenvalue weighted by Gasteiger charge is -2.08. The molecule has 0 aliphatic rings. The Labute approximate surface area is 161 Å². The highest BCUT2D eigenvalue weighted by molar-refractivity contribution is 5.96. The zero-order valence-electron chi connectivity index (χ0n) is 15.1. The van der Waals surface area contributed by atoms with Gasteiger partial charge in [-0.2, -0.15) is 0 Å². The first kappa shape index (κ1) is 19.2. The summed E-state index contributed by atoms with van der Waals surface area (Å²) in [5, 5.41) is 5.43. The Morgan fingerprint density at radius 3 is 2.36 bits per heavy atom. The minimum Gasteiger partial charge on any atom is -0.350 e. The standard InChI is InChI=1S/C21H19FN4O2/c22-17-7-2-1-6-16(17)10-12-24-20(27)18-8-3-9-19(26-18)21(28)25-14-15-5-4-11-23-13-15/h1-9,11,13H,10,12,14H2,(H,24,27)(H,25,28). The summed E-state index contributed by atoms with van der Waals surface area (Å²) in [5.74, 6) is -1.11. The van der Waals surface area contributed by atoms with Crippen LogP contribution in [0.4, 0.5) is 4.39 Å². The topological polar surface area (TPSA) is 84.0 Å². The number of halogens is 1. The average Bonchev–Trinajstić information content (AvgIpc) is 2.74. The molecule has 2 heterocycles. The third kappa shape index (κ3) is 5.20. The maximum absolute atomic E-state index is 13.6. The number of rotatable bonds is 7. The molecule has 1 aromatic carbocycles. The van der Waals surface area contributed by atoms with Crippen molar-refractivity contribution in [2.24, 2.45) is 0 Å². The van der Waals surface area contributed by atoms with Gasteiger partial charge in [-0.15, -0.1) is 0 Å². The highest BCUT2D eigenvalue weighted by atomic mass is 19.1. The first-order chi connectivity index (χ1) is 13.6. The quantitative estimate of drug-likeness (QED) is 0.662. The molecule has 142 valence electrons. The van der Waals surface area contributed by atoms with Crippen molar-refractivity contribution in [3.05, 3.63) is 95.3 Å². The van der Waals surface area contributed by atoms with E-state index in [1.165, 1.54) is 18.2 Å². The molecular formula is C21H19FN4O2. The summed E-state index contributed by atoms with van der Waals surface area (Å²) >= 11 is 0. The molecule has 0 radical (unpaired) electrons. The molecule has 0 fully saturated rings. The molecule has 0 saturated carbocycles. The second kappa shape index (κ2) is 9.36. The van der Waals surface area contributed by atoms with E-state index in [-0.39, 0.29) is 29.7 Å². The van der Waals surface area contributed by atoms with Gasteiger partial charge in [0.1, 0.15) is 17.2 Å². The number of pyridine rings is 2. The van der Waals surface area contributed by atoms with Crippen LogP contribution in [0.3, 0.4) is 0 Å². The largest absolute Gasteiger partial charge is 0.350 e. The molecule has 7 heteroatoms. The zero-order valence-corrected chi connectivity index (χ0v) is 15.1. The van der Waals surface area contributed by atoms with Crippen molar-refractivity contribution in [1.29, 1.82) is 0 Å². The minimum absolute atomic E-state index is 0.127. The molecule has 0 spiro atoms. The monoisotopic (exact) mass is 378 g/mol. The fourth-order valence-corrected chi connectivity index (χ4v) is 2.57. The lowest BCUT2D eigenvalue weighted by atomic mass is 10.1. The van der Waals surface area contributed by atoms with Crippen molar-refractivity contribution in [2.75, 3.05) is 6.54 Å². The minimum atomic E-state index is -0.418. The Morgan fingerprint density at radius 2 is 1.64 bits per heavy atom. The smallest absolute Gasteiger partial charge is 0.270 e. The van der Waals surface area contributed by atoms with E-state index in [1.54, 1.807) is 42.7 Å². The first-order valence-corrected chi connectivity index (χ1v) is 8.79. The lowest BCUT2D eigenvalue weighted by Crippen LogP contribution is -2.28.